The summed E-state index contributed by atoms with van der Waals surface area (Å²) in [6.45, 7) is 2.38. The van der Waals surface area contributed by atoms with Gasteiger partial charge in [-0.15, -0.1) is 11.3 Å². The third kappa shape index (κ3) is 2.08. The Morgan fingerprint density at radius 3 is 2.81 bits per heavy atom. The summed E-state index contributed by atoms with van der Waals surface area (Å²) in [6.07, 6.45) is -2.38. The molecule has 1 N–H and O–H groups in total. The average Bonchev–Trinajstić information content (AvgIpc) is 2.73. The average molecular weight is 241 g/mol. The van der Waals surface area contributed by atoms with Crippen molar-refractivity contribution >= 4 is 21.4 Å². The first-order valence-corrected chi connectivity index (χ1v) is 6.09. The fraction of sp³-hybridized carbons (Fsp3) is 0.333. The Balaban J connectivity index is 2.47. The molecule has 1 heterocycles. The van der Waals surface area contributed by atoms with Crippen LogP contribution >= 0.6 is 11.3 Å². The van der Waals surface area contributed by atoms with Gasteiger partial charge in [-0.1, -0.05) is 25.1 Å². The van der Waals surface area contributed by atoms with E-state index in [1.165, 1.54) is 11.3 Å². The Hall–Kier alpha value is -1.00. The van der Waals surface area contributed by atoms with Crippen LogP contribution < -0.4 is 5.32 Å². The molecule has 0 aliphatic heterocycles. The van der Waals surface area contributed by atoms with Crippen molar-refractivity contribution in [1.82, 2.24) is 5.32 Å². The second-order valence-corrected chi connectivity index (χ2v) is 4.47. The van der Waals surface area contributed by atoms with E-state index in [1.54, 1.807) is 6.07 Å². The Morgan fingerprint density at radius 2 is 2.12 bits per heavy atom. The Bertz CT molecular complexity index is 467. The molecular formula is C12H13F2NS. The molecule has 1 atom stereocenters. The zero-order valence-electron chi connectivity index (χ0n) is 8.91. The normalized spacial score (nSPS) is 13.5. The highest BCUT2D eigenvalue weighted by Crippen LogP contribution is 2.31. The van der Waals surface area contributed by atoms with Crippen LogP contribution in [0.4, 0.5) is 8.78 Å². The third-order valence-corrected chi connectivity index (χ3v) is 3.50. The number of fused-ring (bicyclic) bond motifs is 1. The molecule has 0 saturated carbocycles. The van der Waals surface area contributed by atoms with Crippen LogP contribution in [-0.4, -0.2) is 13.0 Å². The van der Waals surface area contributed by atoms with Crippen molar-refractivity contribution in [3.63, 3.8) is 0 Å². The van der Waals surface area contributed by atoms with Crippen molar-refractivity contribution in [3.8, 4) is 0 Å². The molecule has 1 nitrogen and oxygen atoms in total. The van der Waals surface area contributed by atoms with Crippen molar-refractivity contribution in [1.29, 1.82) is 0 Å². The van der Waals surface area contributed by atoms with Crippen LogP contribution in [0.2, 0.25) is 0 Å². The second kappa shape index (κ2) is 4.89. The van der Waals surface area contributed by atoms with E-state index in [-0.39, 0.29) is 0 Å². The van der Waals surface area contributed by atoms with Gasteiger partial charge in [0.15, 0.2) is 0 Å². The lowest BCUT2D eigenvalue weighted by molar-refractivity contribution is 0.1000. The van der Waals surface area contributed by atoms with Gasteiger partial charge < -0.3 is 5.32 Å². The predicted octanol–water partition coefficient (Wildman–Crippen LogP) is 3.82. The van der Waals surface area contributed by atoms with Gasteiger partial charge in [0.25, 0.3) is 6.43 Å². The molecule has 0 saturated heterocycles. The van der Waals surface area contributed by atoms with Crippen molar-refractivity contribution in [2.24, 2.45) is 0 Å². The van der Waals surface area contributed by atoms with E-state index in [0.29, 0.717) is 12.1 Å². The molecule has 0 amide bonds. The molecule has 0 bridgehead atoms. The van der Waals surface area contributed by atoms with Crippen molar-refractivity contribution in [2.45, 2.75) is 19.4 Å². The quantitative estimate of drug-likeness (QED) is 0.858. The van der Waals surface area contributed by atoms with Crippen LogP contribution in [0.3, 0.4) is 0 Å². The lowest BCUT2D eigenvalue weighted by atomic mass is 10.1. The van der Waals surface area contributed by atoms with E-state index < -0.39 is 12.5 Å². The minimum atomic E-state index is -2.38. The standard InChI is InChI=1S/C12H13F2NS/c1-2-15-10(12(13)14)9-5-3-4-8-6-7-16-11(8)9/h3-7,10,12,15H,2H2,1H3. The monoisotopic (exact) mass is 241 g/mol. The number of benzene rings is 1. The fourth-order valence-electron chi connectivity index (χ4n) is 1.82. The zero-order valence-corrected chi connectivity index (χ0v) is 9.73. The number of nitrogens with one attached hydrogen (secondary N) is 1. The molecule has 0 radical (unpaired) electrons. The minimum absolute atomic E-state index is 0.538. The Kier molecular flexibility index (Phi) is 3.51. The summed E-state index contributed by atoms with van der Waals surface area (Å²) >= 11 is 1.51. The maximum absolute atomic E-state index is 12.9. The first-order chi connectivity index (χ1) is 7.74. The fourth-order valence-corrected chi connectivity index (χ4v) is 2.77. The summed E-state index contributed by atoms with van der Waals surface area (Å²) in [5, 5.41) is 5.80. The van der Waals surface area contributed by atoms with Gasteiger partial charge in [0.1, 0.15) is 0 Å². The molecule has 1 aromatic heterocycles. The van der Waals surface area contributed by atoms with E-state index >= 15 is 0 Å². The Morgan fingerprint density at radius 1 is 1.31 bits per heavy atom. The van der Waals surface area contributed by atoms with Gasteiger partial charge in [0.2, 0.25) is 0 Å². The van der Waals surface area contributed by atoms with E-state index in [4.69, 9.17) is 0 Å². The van der Waals surface area contributed by atoms with Crippen LogP contribution in [0, 0.1) is 0 Å². The lowest BCUT2D eigenvalue weighted by Gasteiger charge is -2.17. The molecule has 1 aromatic carbocycles. The van der Waals surface area contributed by atoms with Gasteiger partial charge in [-0.3, -0.25) is 0 Å². The zero-order chi connectivity index (χ0) is 11.5. The smallest absolute Gasteiger partial charge is 0.257 e. The van der Waals surface area contributed by atoms with Crippen LogP contribution in [0.25, 0.3) is 10.1 Å². The van der Waals surface area contributed by atoms with Gasteiger partial charge in [-0.05, 0) is 28.9 Å². The van der Waals surface area contributed by atoms with Crippen LogP contribution in [0.15, 0.2) is 29.6 Å². The van der Waals surface area contributed by atoms with E-state index in [0.717, 1.165) is 10.1 Å². The molecule has 0 aliphatic carbocycles. The summed E-state index contributed by atoms with van der Waals surface area (Å²) in [5.41, 5.74) is 0.698. The van der Waals surface area contributed by atoms with Gasteiger partial charge >= 0.3 is 0 Å². The summed E-state index contributed by atoms with van der Waals surface area (Å²) < 4.78 is 26.8. The molecule has 4 heteroatoms. The number of alkyl halides is 2. The summed E-state index contributed by atoms with van der Waals surface area (Å²) in [7, 11) is 0. The molecule has 0 spiro atoms. The molecule has 0 aliphatic rings. The second-order valence-electron chi connectivity index (χ2n) is 3.56. The molecule has 16 heavy (non-hydrogen) atoms. The van der Waals surface area contributed by atoms with E-state index in [1.807, 2.05) is 30.5 Å². The first-order valence-electron chi connectivity index (χ1n) is 5.21. The van der Waals surface area contributed by atoms with Crippen LogP contribution in [-0.2, 0) is 0 Å². The summed E-state index contributed by atoms with van der Waals surface area (Å²) in [6, 6.07) is 6.64. The maximum Gasteiger partial charge on any atom is 0.257 e. The maximum atomic E-state index is 12.9. The summed E-state index contributed by atoms with van der Waals surface area (Å²) in [5.74, 6) is 0. The van der Waals surface area contributed by atoms with Crippen molar-refractivity contribution in [2.75, 3.05) is 6.54 Å². The third-order valence-electron chi connectivity index (χ3n) is 2.52. The molecule has 1 unspecified atom stereocenters. The highest BCUT2D eigenvalue weighted by atomic mass is 32.1. The number of halogens is 2. The number of thiophene rings is 1. The van der Waals surface area contributed by atoms with E-state index in [9.17, 15) is 8.78 Å². The molecule has 2 aromatic rings. The molecular weight excluding hydrogens is 228 g/mol. The first kappa shape index (κ1) is 11.5. The van der Waals surface area contributed by atoms with Crippen molar-refractivity contribution in [3.05, 3.63) is 35.2 Å². The summed E-state index contributed by atoms with van der Waals surface area (Å²) in [4.78, 5) is 0. The molecule has 2 rings (SSSR count). The predicted molar refractivity (Wildman–Crippen MR) is 64.2 cm³/mol. The Labute approximate surface area is 97.1 Å². The van der Waals surface area contributed by atoms with Crippen molar-refractivity contribution < 1.29 is 8.78 Å². The molecule has 0 fully saturated rings. The highest BCUT2D eigenvalue weighted by molar-refractivity contribution is 7.17. The highest BCUT2D eigenvalue weighted by Gasteiger charge is 2.23. The molecule has 86 valence electrons. The van der Waals surface area contributed by atoms with Gasteiger partial charge in [0.05, 0.1) is 6.04 Å². The van der Waals surface area contributed by atoms with E-state index in [2.05, 4.69) is 5.32 Å². The van der Waals surface area contributed by atoms with Gasteiger partial charge in [-0.25, -0.2) is 8.78 Å². The SMILES string of the molecule is CCNC(c1cccc2ccsc12)C(F)F. The van der Waals surface area contributed by atoms with Gasteiger partial charge in [-0.2, -0.15) is 0 Å². The number of hydrogen-bond acceptors (Lipinski definition) is 2. The van der Waals surface area contributed by atoms with Crippen LogP contribution in [0.5, 0.6) is 0 Å². The largest absolute Gasteiger partial charge is 0.305 e. The minimum Gasteiger partial charge on any atom is -0.305 e. The number of hydrogen-bond donors (Lipinski definition) is 1. The number of rotatable bonds is 4. The topological polar surface area (TPSA) is 12.0 Å². The van der Waals surface area contributed by atoms with Gasteiger partial charge in [0, 0.05) is 4.70 Å². The lowest BCUT2D eigenvalue weighted by Crippen LogP contribution is -2.27. The van der Waals surface area contributed by atoms with Crippen LogP contribution in [0.1, 0.15) is 18.5 Å².